The maximum absolute atomic E-state index is 12.0. The molecule has 1 aromatic carbocycles. The quantitative estimate of drug-likeness (QED) is 0.729. The summed E-state index contributed by atoms with van der Waals surface area (Å²) in [6, 6.07) is 8.85. The first kappa shape index (κ1) is 15.9. The number of rotatable bonds is 7. The minimum Gasteiger partial charge on any atom is -0.494 e. The Bertz CT molecular complexity index is 710. The fraction of sp³-hybridized carbons (Fsp3) is 0.312. The van der Waals surface area contributed by atoms with Gasteiger partial charge in [-0.1, -0.05) is 12.1 Å². The normalized spacial score (nSPS) is 10.5. The number of hydrogen-bond acceptors (Lipinski definition) is 5. The van der Waals surface area contributed by atoms with Crippen LogP contribution in [-0.2, 0) is 11.3 Å². The van der Waals surface area contributed by atoms with Crippen LogP contribution in [0.4, 0.5) is 0 Å². The van der Waals surface area contributed by atoms with Crippen LogP contribution in [0.1, 0.15) is 17.3 Å². The monoisotopic (exact) mass is 302 g/mol. The molecule has 0 bridgehead atoms. The number of aldehydes is 1. The van der Waals surface area contributed by atoms with Crippen LogP contribution in [0.5, 0.6) is 5.75 Å². The third-order valence-corrected chi connectivity index (χ3v) is 3.08. The van der Waals surface area contributed by atoms with E-state index >= 15 is 0 Å². The maximum Gasteiger partial charge on any atom is 0.277 e. The molecule has 0 N–H and O–H groups in total. The lowest BCUT2D eigenvalue weighted by molar-refractivity contribution is 0.112. The summed E-state index contributed by atoms with van der Waals surface area (Å²) in [7, 11) is 1.54. The molecule has 1 aromatic heterocycles. The number of methoxy groups -OCH3 is 1. The molecule has 0 spiro atoms. The van der Waals surface area contributed by atoms with E-state index in [-0.39, 0.29) is 12.1 Å². The number of nitrogens with zero attached hydrogens (tertiary/aromatic N) is 2. The Morgan fingerprint density at radius 3 is 2.82 bits per heavy atom. The number of carbonyl (C=O) groups excluding carboxylic acids is 1. The lowest BCUT2D eigenvalue weighted by Gasteiger charge is -2.09. The SMILES string of the molecule is CCOc1cccc(-c2cc(C=O)c(=O)n(CCOC)n2)c1. The predicted octanol–water partition coefficient (Wildman–Crippen LogP) is 1.77. The molecule has 0 aliphatic heterocycles. The number of aromatic nitrogens is 2. The second kappa shape index (κ2) is 7.51. The van der Waals surface area contributed by atoms with E-state index in [1.54, 1.807) is 7.11 Å². The van der Waals surface area contributed by atoms with Crippen molar-refractivity contribution in [1.29, 1.82) is 0 Å². The summed E-state index contributed by atoms with van der Waals surface area (Å²) >= 11 is 0. The van der Waals surface area contributed by atoms with E-state index in [2.05, 4.69) is 5.10 Å². The standard InChI is InChI=1S/C16H18N2O4/c1-3-22-14-6-4-5-12(9-14)15-10-13(11-19)16(20)18(17-15)7-8-21-2/h4-6,9-11H,3,7-8H2,1-2H3. The summed E-state index contributed by atoms with van der Waals surface area (Å²) in [5.74, 6) is 0.712. The summed E-state index contributed by atoms with van der Waals surface area (Å²) in [6.07, 6.45) is 0.545. The van der Waals surface area contributed by atoms with Crippen LogP contribution in [0.3, 0.4) is 0 Å². The van der Waals surface area contributed by atoms with Crippen LogP contribution in [0.15, 0.2) is 35.1 Å². The topological polar surface area (TPSA) is 70.4 Å². The van der Waals surface area contributed by atoms with Gasteiger partial charge in [0.2, 0.25) is 0 Å². The average Bonchev–Trinajstić information content (AvgIpc) is 2.54. The second-order valence-electron chi connectivity index (χ2n) is 4.58. The fourth-order valence-electron chi connectivity index (χ4n) is 2.03. The van der Waals surface area contributed by atoms with E-state index in [0.29, 0.717) is 30.9 Å². The number of hydrogen-bond donors (Lipinski definition) is 0. The Labute approximate surface area is 128 Å². The highest BCUT2D eigenvalue weighted by Gasteiger charge is 2.10. The zero-order valence-corrected chi connectivity index (χ0v) is 12.6. The highest BCUT2D eigenvalue weighted by Crippen LogP contribution is 2.22. The molecule has 0 aliphatic carbocycles. The van der Waals surface area contributed by atoms with E-state index in [1.807, 2.05) is 31.2 Å². The van der Waals surface area contributed by atoms with E-state index in [4.69, 9.17) is 9.47 Å². The number of carbonyl (C=O) groups is 1. The Hall–Kier alpha value is -2.47. The van der Waals surface area contributed by atoms with Gasteiger partial charge >= 0.3 is 0 Å². The van der Waals surface area contributed by atoms with Crippen molar-refractivity contribution in [3.63, 3.8) is 0 Å². The summed E-state index contributed by atoms with van der Waals surface area (Å²) < 4.78 is 11.7. The highest BCUT2D eigenvalue weighted by atomic mass is 16.5. The predicted molar refractivity (Wildman–Crippen MR) is 82.4 cm³/mol. The largest absolute Gasteiger partial charge is 0.494 e. The summed E-state index contributed by atoms with van der Waals surface area (Å²) in [5, 5.41) is 4.30. The van der Waals surface area contributed by atoms with Crippen molar-refractivity contribution in [2.45, 2.75) is 13.5 Å². The van der Waals surface area contributed by atoms with E-state index in [0.717, 1.165) is 5.56 Å². The maximum atomic E-state index is 12.0. The Morgan fingerprint density at radius 2 is 2.14 bits per heavy atom. The summed E-state index contributed by atoms with van der Waals surface area (Å²) in [4.78, 5) is 23.2. The van der Waals surface area contributed by atoms with Gasteiger partial charge in [-0.05, 0) is 25.1 Å². The van der Waals surface area contributed by atoms with Gasteiger partial charge in [-0.25, -0.2) is 4.68 Å². The van der Waals surface area contributed by atoms with Crippen LogP contribution in [-0.4, -0.2) is 36.4 Å². The Balaban J connectivity index is 2.48. The van der Waals surface area contributed by atoms with Gasteiger partial charge in [0.1, 0.15) is 5.75 Å². The van der Waals surface area contributed by atoms with Crippen molar-refractivity contribution >= 4 is 6.29 Å². The van der Waals surface area contributed by atoms with Gasteiger partial charge in [0.05, 0.1) is 31.0 Å². The molecule has 0 fully saturated rings. The molecule has 2 rings (SSSR count). The summed E-state index contributed by atoms with van der Waals surface area (Å²) in [6.45, 7) is 3.09. The highest BCUT2D eigenvalue weighted by molar-refractivity contribution is 5.77. The molecular weight excluding hydrogens is 284 g/mol. The molecule has 22 heavy (non-hydrogen) atoms. The van der Waals surface area contributed by atoms with Crippen molar-refractivity contribution in [3.05, 3.63) is 46.2 Å². The Morgan fingerprint density at radius 1 is 1.32 bits per heavy atom. The molecule has 0 amide bonds. The number of ether oxygens (including phenoxy) is 2. The van der Waals surface area contributed by atoms with Crippen LogP contribution in [0.2, 0.25) is 0 Å². The van der Waals surface area contributed by atoms with Crippen LogP contribution in [0, 0.1) is 0 Å². The van der Waals surface area contributed by atoms with Crippen molar-refractivity contribution < 1.29 is 14.3 Å². The lowest BCUT2D eigenvalue weighted by atomic mass is 10.1. The third-order valence-electron chi connectivity index (χ3n) is 3.08. The first-order valence-electron chi connectivity index (χ1n) is 6.99. The molecule has 6 heteroatoms. The molecule has 0 saturated carbocycles. The molecule has 1 heterocycles. The molecule has 0 aliphatic rings. The van der Waals surface area contributed by atoms with E-state index in [9.17, 15) is 9.59 Å². The lowest BCUT2D eigenvalue weighted by Crippen LogP contribution is -2.28. The molecule has 0 radical (unpaired) electrons. The van der Waals surface area contributed by atoms with Crippen molar-refractivity contribution in [3.8, 4) is 17.0 Å². The van der Waals surface area contributed by atoms with E-state index in [1.165, 1.54) is 10.7 Å². The zero-order chi connectivity index (χ0) is 15.9. The van der Waals surface area contributed by atoms with Crippen LogP contribution in [0.25, 0.3) is 11.3 Å². The first-order valence-corrected chi connectivity index (χ1v) is 6.99. The zero-order valence-electron chi connectivity index (χ0n) is 12.6. The van der Waals surface area contributed by atoms with Crippen molar-refractivity contribution in [1.82, 2.24) is 9.78 Å². The minimum absolute atomic E-state index is 0.0721. The second-order valence-corrected chi connectivity index (χ2v) is 4.58. The first-order chi connectivity index (χ1) is 10.7. The minimum atomic E-state index is -0.420. The van der Waals surface area contributed by atoms with Gasteiger partial charge in [-0.2, -0.15) is 5.10 Å². The molecule has 6 nitrogen and oxygen atoms in total. The summed E-state index contributed by atoms with van der Waals surface area (Å²) in [5.41, 5.74) is 0.972. The van der Waals surface area contributed by atoms with Gasteiger partial charge in [-0.15, -0.1) is 0 Å². The molecule has 2 aromatic rings. The molecular formula is C16H18N2O4. The van der Waals surface area contributed by atoms with Gasteiger partial charge in [0, 0.05) is 12.7 Å². The molecule has 116 valence electrons. The molecule has 0 saturated heterocycles. The van der Waals surface area contributed by atoms with Crippen LogP contribution >= 0.6 is 0 Å². The van der Waals surface area contributed by atoms with Gasteiger partial charge < -0.3 is 9.47 Å². The van der Waals surface area contributed by atoms with E-state index < -0.39 is 5.56 Å². The fourth-order valence-corrected chi connectivity index (χ4v) is 2.03. The molecule has 0 unspecified atom stereocenters. The van der Waals surface area contributed by atoms with Crippen molar-refractivity contribution in [2.24, 2.45) is 0 Å². The Kier molecular flexibility index (Phi) is 5.43. The number of benzene rings is 1. The van der Waals surface area contributed by atoms with Gasteiger partial charge in [-0.3, -0.25) is 9.59 Å². The average molecular weight is 302 g/mol. The van der Waals surface area contributed by atoms with Gasteiger partial charge in [0.25, 0.3) is 5.56 Å². The van der Waals surface area contributed by atoms with Gasteiger partial charge in [0.15, 0.2) is 6.29 Å². The third kappa shape index (κ3) is 3.59. The van der Waals surface area contributed by atoms with Crippen LogP contribution < -0.4 is 10.3 Å². The smallest absolute Gasteiger partial charge is 0.277 e. The van der Waals surface area contributed by atoms with Crippen molar-refractivity contribution in [2.75, 3.05) is 20.3 Å². The molecule has 0 atom stereocenters.